The Balaban J connectivity index is 1.69. The molecular weight excluding hydrogens is 432 g/mol. The summed E-state index contributed by atoms with van der Waals surface area (Å²) in [5.41, 5.74) is 3.59. The molecule has 9 heteroatoms. The summed E-state index contributed by atoms with van der Waals surface area (Å²) < 4.78 is 5.65. The highest BCUT2D eigenvalue weighted by Gasteiger charge is 2.30. The molecule has 0 spiro atoms. The van der Waals surface area contributed by atoms with Crippen LogP contribution in [0.15, 0.2) is 24.3 Å². The van der Waals surface area contributed by atoms with Gasteiger partial charge in [0, 0.05) is 42.4 Å². The maximum absolute atomic E-state index is 12.7. The van der Waals surface area contributed by atoms with E-state index in [2.05, 4.69) is 22.5 Å². The van der Waals surface area contributed by atoms with Crippen molar-refractivity contribution in [3.05, 3.63) is 35.5 Å². The van der Waals surface area contributed by atoms with Crippen molar-refractivity contribution in [2.75, 3.05) is 43.1 Å². The van der Waals surface area contributed by atoms with Crippen LogP contribution in [0.25, 0.3) is 11.4 Å². The van der Waals surface area contributed by atoms with Crippen molar-refractivity contribution in [1.29, 1.82) is 0 Å². The first-order valence-corrected chi connectivity index (χ1v) is 12.1. The Labute approximate surface area is 200 Å². The minimum Gasteiger partial charge on any atom is -0.377 e. The molecule has 1 atom stereocenters. The number of nitrogens with zero attached hydrogens (tertiary/aromatic N) is 4. The number of amides is 3. The van der Waals surface area contributed by atoms with Gasteiger partial charge in [0.15, 0.2) is 5.82 Å². The molecule has 0 radical (unpaired) electrons. The molecule has 3 amide bonds. The summed E-state index contributed by atoms with van der Waals surface area (Å²) in [6.45, 7) is 11.7. The third-order valence-electron chi connectivity index (χ3n) is 6.23. The van der Waals surface area contributed by atoms with E-state index in [-0.39, 0.29) is 23.9 Å². The van der Waals surface area contributed by atoms with Gasteiger partial charge in [-0.05, 0) is 44.5 Å². The highest BCUT2D eigenvalue weighted by atomic mass is 16.5. The van der Waals surface area contributed by atoms with Crippen molar-refractivity contribution < 1.29 is 14.3 Å². The van der Waals surface area contributed by atoms with Crippen LogP contribution >= 0.6 is 0 Å². The zero-order valence-electron chi connectivity index (χ0n) is 20.4. The molecule has 34 heavy (non-hydrogen) atoms. The number of carbonyl (C=O) groups excluding carboxylic acids is 2. The maximum Gasteiger partial charge on any atom is 0.319 e. The number of anilines is 2. The second-order valence-corrected chi connectivity index (χ2v) is 9.14. The Morgan fingerprint density at radius 2 is 1.94 bits per heavy atom. The SMILES string of the molecule is CCNC(=O)Nc1ccc(-c2nc3c(c(N4CCOCC4C)n2)CCN(C(=O)C(C)C)C3)cc1. The quantitative estimate of drug-likeness (QED) is 0.703. The van der Waals surface area contributed by atoms with E-state index in [9.17, 15) is 9.59 Å². The van der Waals surface area contributed by atoms with Crippen LogP contribution in [0, 0.1) is 5.92 Å². The molecule has 2 N–H and O–H groups in total. The van der Waals surface area contributed by atoms with Crippen LogP contribution in [0.4, 0.5) is 16.3 Å². The van der Waals surface area contributed by atoms with Gasteiger partial charge in [-0.2, -0.15) is 0 Å². The van der Waals surface area contributed by atoms with Crippen LogP contribution in [0.5, 0.6) is 0 Å². The Morgan fingerprint density at radius 1 is 1.18 bits per heavy atom. The van der Waals surface area contributed by atoms with Crippen LogP contribution in [0.2, 0.25) is 0 Å². The third-order valence-corrected chi connectivity index (χ3v) is 6.23. The van der Waals surface area contributed by atoms with Gasteiger partial charge in [-0.15, -0.1) is 0 Å². The minimum absolute atomic E-state index is 0.0495. The lowest BCUT2D eigenvalue weighted by molar-refractivity contribution is -0.135. The molecule has 1 saturated heterocycles. The number of morpholine rings is 1. The number of aromatic nitrogens is 2. The lowest BCUT2D eigenvalue weighted by Crippen LogP contribution is -2.46. The number of ether oxygens (including phenoxy) is 1. The molecule has 2 aliphatic heterocycles. The molecule has 0 bridgehead atoms. The first-order chi connectivity index (χ1) is 16.4. The highest BCUT2D eigenvalue weighted by molar-refractivity contribution is 5.89. The van der Waals surface area contributed by atoms with Crippen molar-refractivity contribution in [2.24, 2.45) is 5.92 Å². The highest BCUT2D eigenvalue weighted by Crippen LogP contribution is 2.32. The van der Waals surface area contributed by atoms with Crippen molar-refractivity contribution >= 4 is 23.4 Å². The number of rotatable bonds is 5. The Kier molecular flexibility index (Phi) is 7.31. The first-order valence-electron chi connectivity index (χ1n) is 12.1. The second kappa shape index (κ2) is 10.4. The van der Waals surface area contributed by atoms with Crippen molar-refractivity contribution in [3.8, 4) is 11.4 Å². The molecule has 1 aromatic heterocycles. The van der Waals surface area contributed by atoms with Gasteiger partial charge in [0.05, 0.1) is 31.5 Å². The average Bonchev–Trinajstić information content (AvgIpc) is 2.83. The fourth-order valence-electron chi connectivity index (χ4n) is 4.41. The zero-order chi connectivity index (χ0) is 24.2. The van der Waals surface area contributed by atoms with E-state index in [4.69, 9.17) is 14.7 Å². The van der Waals surface area contributed by atoms with Crippen LogP contribution in [-0.4, -0.2) is 65.7 Å². The lowest BCUT2D eigenvalue weighted by atomic mass is 10.0. The summed E-state index contributed by atoms with van der Waals surface area (Å²) in [5, 5.41) is 5.53. The second-order valence-electron chi connectivity index (χ2n) is 9.14. The van der Waals surface area contributed by atoms with E-state index in [0.717, 1.165) is 35.6 Å². The molecule has 182 valence electrons. The predicted octanol–water partition coefficient (Wildman–Crippen LogP) is 3.05. The Bertz CT molecular complexity index is 1040. The van der Waals surface area contributed by atoms with Gasteiger partial charge in [-0.25, -0.2) is 14.8 Å². The van der Waals surface area contributed by atoms with E-state index in [1.54, 1.807) is 0 Å². The summed E-state index contributed by atoms with van der Waals surface area (Å²) in [7, 11) is 0. The molecule has 0 aliphatic carbocycles. The summed E-state index contributed by atoms with van der Waals surface area (Å²) in [6.07, 6.45) is 0.739. The summed E-state index contributed by atoms with van der Waals surface area (Å²) >= 11 is 0. The fraction of sp³-hybridized carbons (Fsp3) is 0.520. The Morgan fingerprint density at radius 3 is 2.62 bits per heavy atom. The smallest absolute Gasteiger partial charge is 0.319 e. The molecular formula is C25H34N6O3. The average molecular weight is 467 g/mol. The molecule has 0 saturated carbocycles. The molecule has 9 nitrogen and oxygen atoms in total. The molecule has 4 rings (SSSR count). The summed E-state index contributed by atoms with van der Waals surface area (Å²) in [4.78, 5) is 38.6. The van der Waals surface area contributed by atoms with E-state index < -0.39 is 0 Å². The number of carbonyl (C=O) groups is 2. The lowest BCUT2D eigenvalue weighted by Gasteiger charge is -2.38. The molecule has 2 aromatic rings. The van der Waals surface area contributed by atoms with Crippen LogP contribution in [0.1, 0.15) is 39.0 Å². The van der Waals surface area contributed by atoms with Crippen LogP contribution < -0.4 is 15.5 Å². The molecule has 1 aromatic carbocycles. The van der Waals surface area contributed by atoms with Gasteiger partial charge in [-0.1, -0.05) is 13.8 Å². The Hall–Kier alpha value is -3.20. The van der Waals surface area contributed by atoms with Gasteiger partial charge >= 0.3 is 6.03 Å². The van der Waals surface area contributed by atoms with Gasteiger partial charge in [0.25, 0.3) is 0 Å². The third kappa shape index (κ3) is 5.14. The van der Waals surface area contributed by atoms with E-state index in [1.165, 1.54) is 0 Å². The number of nitrogens with one attached hydrogen (secondary N) is 2. The number of benzene rings is 1. The monoisotopic (exact) mass is 466 g/mol. The zero-order valence-corrected chi connectivity index (χ0v) is 20.4. The largest absolute Gasteiger partial charge is 0.377 e. The van der Waals surface area contributed by atoms with Gasteiger partial charge in [0.1, 0.15) is 5.82 Å². The van der Waals surface area contributed by atoms with Crippen LogP contribution in [-0.2, 0) is 22.5 Å². The van der Waals surface area contributed by atoms with Gasteiger partial charge < -0.3 is 25.2 Å². The van der Waals surface area contributed by atoms with E-state index >= 15 is 0 Å². The van der Waals surface area contributed by atoms with Gasteiger partial charge in [0.2, 0.25) is 5.91 Å². The molecule has 1 unspecified atom stereocenters. The van der Waals surface area contributed by atoms with E-state index in [1.807, 2.05) is 49.9 Å². The van der Waals surface area contributed by atoms with Crippen LogP contribution in [0.3, 0.4) is 0 Å². The number of hydrogen-bond acceptors (Lipinski definition) is 6. The summed E-state index contributed by atoms with van der Waals surface area (Å²) in [5.74, 6) is 1.66. The number of urea groups is 1. The predicted molar refractivity (Wildman–Crippen MR) is 132 cm³/mol. The number of fused-ring (bicyclic) bond motifs is 1. The molecule has 3 heterocycles. The van der Waals surface area contributed by atoms with Gasteiger partial charge in [-0.3, -0.25) is 4.79 Å². The number of hydrogen-bond donors (Lipinski definition) is 2. The van der Waals surface area contributed by atoms with E-state index in [0.29, 0.717) is 44.4 Å². The molecule has 2 aliphatic rings. The topological polar surface area (TPSA) is 99.7 Å². The molecule has 1 fully saturated rings. The van der Waals surface area contributed by atoms with Crippen molar-refractivity contribution in [2.45, 2.75) is 46.7 Å². The standard InChI is InChI=1S/C25H34N6O3/c1-5-26-25(33)27-19-8-6-18(7-9-19)22-28-21-14-30(24(32)16(2)3)11-10-20(21)23(29-22)31-12-13-34-15-17(31)4/h6-9,16-17H,5,10-15H2,1-4H3,(H2,26,27,33). The minimum atomic E-state index is -0.237. The first kappa shape index (κ1) is 23.9. The normalized spacial score (nSPS) is 18.0. The summed E-state index contributed by atoms with van der Waals surface area (Å²) in [6, 6.07) is 7.49. The maximum atomic E-state index is 12.7. The van der Waals surface area contributed by atoms with Crippen molar-refractivity contribution in [3.63, 3.8) is 0 Å². The fourth-order valence-corrected chi connectivity index (χ4v) is 4.41. The van der Waals surface area contributed by atoms with Crippen molar-refractivity contribution in [1.82, 2.24) is 20.2 Å².